The summed E-state index contributed by atoms with van der Waals surface area (Å²) in [6, 6.07) is 4.11. The minimum absolute atomic E-state index is 0.253. The van der Waals surface area contributed by atoms with E-state index in [4.69, 9.17) is 5.11 Å². The van der Waals surface area contributed by atoms with Gasteiger partial charge in [0.15, 0.2) is 5.82 Å². The molecular weight excluding hydrogens is 251 g/mol. The van der Waals surface area contributed by atoms with E-state index < -0.39 is 11.8 Å². The smallest absolute Gasteiger partial charge is 0.340 e. The molecule has 6 nitrogen and oxygen atoms in total. The van der Waals surface area contributed by atoms with Gasteiger partial charge in [-0.2, -0.15) is 5.10 Å². The molecule has 0 spiro atoms. The minimum Gasteiger partial charge on any atom is -0.478 e. The highest BCUT2D eigenvalue weighted by atomic mass is 19.1. The third-order valence-corrected chi connectivity index (χ3v) is 2.54. The monoisotopic (exact) mass is 264 g/mol. The van der Waals surface area contributed by atoms with Gasteiger partial charge in [0.05, 0.1) is 5.69 Å². The number of anilines is 1. The molecule has 0 fully saturated rings. The number of aromatic carboxylic acids is 1. The number of carboxylic acid groups (broad SMARTS) is 1. The highest BCUT2D eigenvalue weighted by molar-refractivity contribution is 5.94. The van der Waals surface area contributed by atoms with Crippen molar-refractivity contribution in [3.63, 3.8) is 0 Å². The average Bonchev–Trinajstić information content (AvgIpc) is 2.74. The van der Waals surface area contributed by atoms with Crippen LogP contribution < -0.4 is 5.32 Å². The fraction of sp³-hybridized carbons (Fsp3) is 0.250. The number of hydrogen-bond donors (Lipinski definition) is 2. The Morgan fingerprint density at radius 2 is 2.32 bits per heavy atom. The zero-order valence-electron chi connectivity index (χ0n) is 10.3. The standard InChI is InChI=1S/C12H13FN4O2/c1-17-7-15-10(16-17)5-6-14-9-4-2-3-8(13)11(9)12(18)19/h2-4,7,14H,5-6H2,1H3,(H,18,19). The number of aryl methyl sites for hydroxylation is 1. The lowest BCUT2D eigenvalue weighted by atomic mass is 10.1. The van der Waals surface area contributed by atoms with Crippen LogP contribution in [0.1, 0.15) is 16.2 Å². The summed E-state index contributed by atoms with van der Waals surface area (Å²) in [5, 5.41) is 15.9. The van der Waals surface area contributed by atoms with Crippen LogP contribution >= 0.6 is 0 Å². The van der Waals surface area contributed by atoms with E-state index in [1.165, 1.54) is 12.1 Å². The van der Waals surface area contributed by atoms with Gasteiger partial charge in [-0.25, -0.2) is 14.2 Å². The van der Waals surface area contributed by atoms with E-state index in [0.717, 1.165) is 6.07 Å². The topological polar surface area (TPSA) is 80.0 Å². The lowest BCUT2D eigenvalue weighted by molar-refractivity contribution is 0.0693. The molecule has 0 saturated heterocycles. The van der Waals surface area contributed by atoms with E-state index in [2.05, 4.69) is 15.4 Å². The molecule has 0 aliphatic heterocycles. The predicted molar refractivity (Wildman–Crippen MR) is 66.6 cm³/mol. The lowest BCUT2D eigenvalue weighted by Crippen LogP contribution is -2.11. The van der Waals surface area contributed by atoms with E-state index in [0.29, 0.717) is 18.8 Å². The van der Waals surface area contributed by atoms with Crippen molar-refractivity contribution in [2.75, 3.05) is 11.9 Å². The Morgan fingerprint density at radius 3 is 2.95 bits per heavy atom. The summed E-state index contributed by atoms with van der Waals surface area (Å²) in [4.78, 5) is 15.0. The molecule has 7 heteroatoms. The van der Waals surface area contributed by atoms with Crippen LogP contribution in [0.4, 0.5) is 10.1 Å². The van der Waals surface area contributed by atoms with Crippen LogP contribution in [-0.4, -0.2) is 32.4 Å². The van der Waals surface area contributed by atoms with E-state index >= 15 is 0 Å². The molecule has 1 heterocycles. The fourth-order valence-electron chi connectivity index (χ4n) is 1.70. The van der Waals surface area contributed by atoms with Crippen LogP contribution in [0.15, 0.2) is 24.5 Å². The van der Waals surface area contributed by atoms with Gasteiger partial charge >= 0.3 is 5.97 Å². The predicted octanol–water partition coefficient (Wildman–Crippen LogP) is 1.31. The molecule has 0 unspecified atom stereocenters. The van der Waals surface area contributed by atoms with E-state index in [1.54, 1.807) is 18.1 Å². The molecule has 0 saturated carbocycles. The maximum atomic E-state index is 13.4. The van der Waals surface area contributed by atoms with E-state index in [1.807, 2.05) is 0 Å². The van der Waals surface area contributed by atoms with Crippen molar-refractivity contribution < 1.29 is 14.3 Å². The number of halogens is 1. The Morgan fingerprint density at radius 1 is 1.53 bits per heavy atom. The highest BCUT2D eigenvalue weighted by Crippen LogP contribution is 2.18. The first-order valence-corrected chi connectivity index (χ1v) is 5.68. The molecule has 1 aromatic carbocycles. The first-order valence-electron chi connectivity index (χ1n) is 5.68. The molecule has 0 aliphatic rings. The molecule has 0 aliphatic carbocycles. The van der Waals surface area contributed by atoms with Gasteiger partial charge in [0.25, 0.3) is 0 Å². The Hall–Kier alpha value is -2.44. The molecule has 0 amide bonds. The van der Waals surface area contributed by atoms with Gasteiger partial charge in [-0.3, -0.25) is 4.68 Å². The Labute approximate surface area is 108 Å². The SMILES string of the molecule is Cn1cnc(CCNc2cccc(F)c2C(=O)O)n1. The van der Waals surface area contributed by atoms with Gasteiger partial charge in [-0.05, 0) is 12.1 Å². The van der Waals surface area contributed by atoms with Crippen LogP contribution in [0.5, 0.6) is 0 Å². The summed E-state index contributed by atoms with van der Waals surface area (Å²) in [6.45, 7) is 0.424. The third kappa shape index (κ3) is 3.06. The molecule has 2 rings (SSSR count). The Bertz CT molecular complexity index is 597. The van der Waals surface area contributed by atoms with Crippen molar-refractivity contribution >= 4 is 11.7 Å². The van der Waals surface area contributed by atoms with Gasteiger partial charge in [0.1, 0.15) is 17.7 Å². The average molecular weight is 264 g/mol. The van der Waals surface area contributed by atoms with Gasteiger partial charge in [-0.1, -0.05) is 6.07 Å². The second-order valence-electron chi connectivity index (χ2n) is 3.98. The number of nitrogens with one attached hydrogen (secondary N) is 1. The quantitative estimate of drug-likeness (QED) is 0.851. The summed E-state index contributed by atoms with van der Waals surface area (Å²) < 4.78 is 15.0. The van der Waals surface area contributed by atoms with Gasteiger partial charge < -0.3 is 10.4 Å². The molecular formula is C12H13FN4O2. The van der Waals surface area contributed by atoms with Crippen molar-refractivity contribution in [3.05, 3.63) is 41.7 Å². The largest absolute Gasteiger partial charge is 0.478 e. The first kappa shape index (κ1) is 13.0. The number of hydrogen-bond acceptors (Lipinski definition) is 4. The number of aromatic nitrogens is 3. The highest BCUT2D eigenvalue weighted by Gasteiger charge is 2.15. The zero-order chi connectivity index (χ0) is 13.8. The van der Waals surface area contributed by atoms with Crippen molar-refractivity contribution in [3.8, 4) is 0 Å². The van der Waals surface area contributed by atoms with Crippen LogP contribution in [0.2, 0.25) is 0 Å². The normalized spacial score (nSPS) is 10.4. The molecule has 0 radical (unpaired) electrons. The van der Waals surface area contributed by atoms with Crippen LogP contribution in [0.3, 0.4) is 0 Å². The first-order chi connectivity index (χ1) is 9.08. The summed E-state index contributed by atoms with van der Waals surface area (Å²) in [6.07, 6.45) is 2.11. The zero-order valence-corrected chi connectivity index (χ0v) is 10.3. The molecule has 100 valence electrons. The van der Waals surface area contributed by atoms with Crippen LogP contribution in [0, 0.1) is 5.82 Å². The minimum atomic E-state index is -1.29. The number of rotatable bonds is 5. The third-order valence-electron chi connectivity index (χ3n) is 2.54. The molecule has 0 bridgehead atoms. The van der Waals surface area contributed by atoms with Crippen molar-refractivity contribution in [2.45, 2.75) is 6.42 Å². The Kier molecular flexibility index (Phi) is 3.74. The number of nitrogens with zero attached hydrogens (tertiary/aromatic N) is 3. The lowest BCUT2D eigenvalue weighted by Gasteiger charge is -2.09. The second-order valence-corrected chi connectivity index (χ2v) is 3.98. The molecule has 19 heavy (non-hydrogen) atoms. The van der Waals surface area contributed by atoms with Crippen LogP contribution in [0.25, 0.3) is 0 Å². The van der Waals surface area contributed by atoms with E-state index in [9.17, 15) is 9.18 Å². The Balaban J connectivity index is 2.03. The maximum Gasteiger partial charge on any atom is 0.340 e. The molecule has 1 aromatic heterocycles. The van der Waals surface area contributed by atoms with Gasteiger partial charge in [0.2, 0.25) is 0 Å². The van der Waals surface area contributed by atoms with Gasteiger partial charge in [-0.15, -0.1) is 0 Å². The fourth-order valence-corrected chi connectivity index (χ4v) is 1.70. The van der Waals surface area contributed by atoms with Crippen molar-refractivity contribution in [1.82, 2.24) is 14.8 Å². The van der Waals surface area contributed by atoms with Crippen molar-refractivity contribution in [1.29, 1.82) is 0 Å². The maximum absolute atomic E-state index is 13.4. The summed E-state index contributed by atoms with van der Waals surface area (Å²) in [5.41, 5.74) is -0.0973. The molecule has 2 N–H and O–H groups in total. The molecule has 0 atom stereocenters. The number of carboxylic acids is 1. The summed E-state index contributed by atoms with van der Waals surface area (Å²) in [7, 11) is 1.76. The number of benzene rings is 1. The van der Waals surface area contributed by atoms with E-state index in [-0.39, 0.29) is 11.3 Å². The number of carbonyl (C=O) groups is 1. The molecule has 2 aromatic rings. The summed E-state index contributed by atoms with van der Waals surface area (Å²) >= 11 is 0. The second kappa shape index (κ2) is 5.47. The summed E-state index contributed by atoms with van der Waals surface area (Å²) in [5.74, 6) is -1.41. The van der Waals surface area contributed by atoms with Crippen molar-refractivity contribution in [2.24, 2.45) is 7.05 Å². The van der Waals surface area contributed by atoms with Gasteiger partial charge in [0, 0.05) is 20.0 Å². The van der Waals surface area contributed by atoms with Crippen LogP contribution in [-0.2, 0) is 13.5 Å².